The van der Waals surface area contributed by atoms with Crippen molar-refractivity contribution in [3.05, 3.63) is 58.2 Å². The number of halogens is 1. The molecule has 1 aliphatic heterocycles. The number of pyridine rings is 1. The molecule has 36 heavy (non-hydrogen) atoms. The van der Waals surface area contributed by atoms with Gasteiger partial charge in [0.25, 0.3) is 5.56 Å². The van der Waals surface area contributed by atoms with Gasteiger partial charge in [-0.2, -0.15) is 0 Å². The van der Waals surface area contributed by atoms with Crippen molar-refractivity contribution < 1.29 is 23.5 Å². The lowest BCUT2D eigenvalue weighted by molar-refractivity contribution is -0.160. The second-order valence-corrected chi connectivity index (χ2v) is 10.3. The maximum Gasteiger partial charge on any atom is 0.329 e. The van der Waals surface area contributed by atoms with E-state index in [4.69, 9.17) is 30.3 Å². The minimum atomic E-state index is -0.864. The summed E-state index contributed by atoms with van der Waals surface area (Å²) in [7, 11) is 1.51. The highest BCUT2D eigenvalue weighted by Crippen LogP contribution is 2.38. The topological polar surface area (TPSA) is 92.8 Å². The number of aromatic nitrogens is 2. The molecule has 0 aliphatic carbocycles. The third kappa shape index (κ3) is 5.99. The van der Waals surface area contributed by atoms with Crippen molar-refractivity contribution in [3.8, 4) is 28.1 Å². The van der Waals surface area contributed by atoms with Crippen LogP contribution in [0.5, 0.6) is 5.75 Å². The molecule has 3 heterocycles. The SMILES string of the molecule is COc1cn(C(C[C@@H]2CCCCO2)C(=O)OC(C)(C)C)c(=O)cc1-c1cc(Cl)ccc1-c1ccon1. The zero-order valence-electron chi connectivity index (χ0n) is 21.0. The van der Waals surface area contributed by atoms with Crippen molar-refractivity contribution in [1.29, 1.82) is 0 Å². The lowest BCUT2D eigenvalue weighted by Crippen LogP contribution is -2.37. The summed E-state index contributed by atoms with van der Waals surface area (Å²) in [5.41, 5.74) is 1.42. The average molecular weight is 515 g/mol. The van der Waals surface area contributed by atoms with Crippen molar-refractivity contribution in [2.24, 2.45) is 0 Å². The Morgan fingerprint density at radius 1 is 1.19 bits per heavy atom. The number of ether oxygens (including phenoxy) is 3. The van der Waals surface area contributed by atoms with E-state index in [1.54, 1.807) is 45.2 Å². The molecule has 1 saturated heterocycles. The molecule has 0 radical (unpaired) electrons. The first-order valence-corrected chi connectivity index (χ1v) is 12.4. The highest BCUT2D eigenvalue weighted by Gasteiger charge is 2.32. The molecular weight excluding hydrogens is 484 g/mol. The van der Waals surface area contributed by atoms with Gasteiger partial charge in [0, 0.05) is 41.3 Å². The largest absolute Gasteiger partial charge is 0.495 e. The van der Waals surface area contributed by atoms with Crippen LogP contribution in [-0.2, 0) is 14.3 Å². The fourth-order valence-electron chi connectivity index (χ4n) is 4.39. The van der Waals surface area contributed by atoms with E-state index >= 15 is 0 Å². The van der Waals surface area contributed by atoms with Gasteiger partial charge in [0.2, 0.25) is 0 Å². The summed E-state index contributed by atoms with van der Waals surface area (Å²) >= 11 is 6.31. The van der Waals surface area contributed by atoms with Crippen LogP contribution in [-0.4, -0.2) is 41.1 Å². The number of hydrogen-bond acceptors (Lipinski definition) is 7. The molecule has 192 valence electrons. The Kier molecular flexibility index (Phi) is 7.85. The van der Waals surface area contributed by atoms with Gasteiger partial charge in [0.1, 0.15) is 29.3 Å². The molecule has 0 amide bonds. The van der Waals surface area contributed by atoms with Crippen LogP contribution in [0.1, 0.15) is 52.5 Å². The van der Waals surface area contributed by atoms with Gasteiger partial charge in [-0.15, -0.1) is 0 Å². The summed E-state index contributed by atoms with van der Waals surface area (Å²) < 4.78 is 23.7. The van der Waals surface area contributed by atoms with Gasteiger partial charge in [-0.1, -0.05) is 22.8 Å². The Balaban J connectivity index is 1.80. The molecule has 9 heteroatoms. The number of benzene rings is 1. The van der Waals surface area contributed by atoms with Crippen molar-refractivity contribution in [3.63, 3.8) is 0 Å². The van der Waals surface area contributed by atoms with Crippen molar-refractivity contribution in [2.75, 3.05) is 13.7 Å². The summed E-state index contributed by atoms with van der Waals surface area (Å²) in [6.45, 7) is 6.05. The molecule has 8 nitrogen and oxygen atoms in total. The second kappa shape index (κ2) is 10.9. The number of rotatable bonds is 7. The van der Waals surface area contributed by atoms with Crippen LogP contribution in [0.4, 0.5) is 0 Å². The van der Waals surface area contributed by atoms with Crippen LogP contribution < -0.4 is 10.3 Å². The van der Waals surface area contributed by atoms with E-state index in [2.05, 4.69) is 5.16 Å². The van der Waals surface area contributed by atoms with Crippen LogP contribution in [0.3, 0.4) is 0 Å². The maximum absolute atomic E-state index is 13.5. The van der Waals surface area contributed by atoms with Gasteiger partial charge < -0.3 is 18.7 Å². The molecule has 0 saturated carbocycles. The molecule has 0 bridgehead atoms. The number of hydrogen-bond donors (Lipinski definition) is 0. The fourth-order valence-corrected chi connectivity index (χ4v) is 4.57. The fraction of sp³-hybridized carbons (Fsp3) is 0.444. The van der Waals surface area contributed by atoms with Gasteiger partial charge in [-0.05, 0) is 57.7 Å². The first-order valence-electron chi connectivity index (χ1n) is 12.0. The van der Waals surface area contributed by atoms with E-state index in [-0.39, 0.29) is 11.7 Å². The number of nitrogens with zero attached hydrogens (tertiary/aromatic N) is 2. The molecular formula is C27H31ClN2O6. The third-order valence-electron chi connectivity index (χ3n) is 6.02. The van der Waals surface area contributed by atoms with Crippen molar-refractivity contribution >= 4 is 17.6 Å². The molecule has 1 aromatic carbocycles. The molecule has 1 fully saturated rings. The van der Waals surface area contributed by atoms with Crippen LogP contribution in [0.15, 0.2) is 52.1 Å². The second-order valence-electron chi connectivity index (χ2n) is 9.85. The Morgan fingerprint density at radius 3 is 2.64 bits per heavy atom. The van der Waals surface area contributed by atoms with Gasteiger partial charge in [-0.25, -0.2) is 4.79 Å². The Bertz CT molecular complexity index is 1260. The molecule has 0 N–H and O–H groups in total. The van der Waals surface area contributed by atoms with Gasteiger partial charge in [-0.3, -0.25) is 9.36 Å². The third-order valence-corrected chi connectivity index (χ3v) is 6.26. The summed E-state index contributed by atoms with van der Waals surface area (Å²) in [4.78, 5) is 26.8. The summed E-state index contributed by atoms with van der Waals surface area (Å²) in [5.74, 6) is -0.0839. The predicted octanol–water partition coefficient (Wildman–Crippen LogP) is 5.67. The van der Waals surface area contributed by atoms with Crippen LogP contribution in [0.25, 0.3) is 22.4 Å². The van der Waals surface area contributed by atoms with E-state index in [9.17, 15) is 9.59 Å². The number of carbonyl (C=O) groups is 1. The number of carbonyl (C=O) groups excluding carboxylic acids is 1. The quantitative estimate of drug-likeness (QED) is 0.375. The monoisotopic (exact) mass is 514 g/mol. The van der Waals surface area contributed by atoms with Crippen LogP contribution in [0.2, 0.25) is 5.02 Å². The highest BCUT2D eigenvalue weighted by atomic mass is 35.5. The number of methoxy groups -OCH3 is 1. The maximum atomic E-state index is 13.5. The molecule has 1 aliphatic rings. The molecule has 3 aromatic rings. The Labute approximate surface area is 215 Å². The standard InChI is InChI=1S/C27H31ClN2O6/c1-27(2,3)36-26(32)23(14-18-7-5-6-11-34-18)30-16-24(33-4)21(15-25(30)31)20-13-17(28)8-9-19(20)22-10-12-35-29-22/h8-10,12-13,15-16,18,23H,5-7,11,14H2,1-4H3/t18-,23?/m0/s1. The predicted molar refractivity (Wildman–Crippen MR) is 136 cm³/mol. The van der Waals surface area contributed by atoms with Crippen LogP contribution in [0, 0.1) is 0 Å². The Hall–Kier alpha value is -3.10. The van der Waals surface area contributed by atoms with E-state index in [1.165, 1.54) is 24.0 Å². The zero-order valence-corrected chi connectivity index (χ0v) is 21.7. The summed E-state index contributed by atoms with van der Waals surface area (Å²) in [5, 5.41) is 4.52. The number of esters is 1. The van der Waals surface area contributed by atoms with E-state index in [0.29, 0.717) is 40.6 Å². The average Bonchev–Trinajstić information content (AvgIpc) is 3.37. The van der Waals surface area contributed by atoms with Gasteiger partial charge in [0.05, 0.1) is 19.4 Å². The highest BCUT2D eigenvalue weighted by molar-refractivity contribution is 6.31. The molecule has 4 rings (SSSR count). The van der Waals surface area contributed by atoms with E-state index in [0.717, 1.165) is 24.8 Å². The molecule has 1 unspecified atom stereocenters. The van der Waals surface area contributed by atoms with E-state index in [1.807, 2.05) is 6.07 Å². The van der Waals surface area contributed by atoms with Gasteiger partial charge >= 0.3 is 5.97 Å². The van der Waals surface area contributed by atoms with E-state index < -0.39 is 17.6 Å². The lowest BCUT2D eigenvalue weighted by atomic mass is 9.97. The lowest BCUT2D eigenvalue weighted by Gasteiger charge is -2.29. The minimum Gasteiger partial charge on any atom is -0.495 e. The molecule has 2 atom stereocenters. The smallest absolute Gasteiger partial charge is 0.329 e. The molecule has 0 spiro atoms. The zero-order chi connectivity index (χ0) is 25.9. The Morgan fingerprint density at radius 2 is 2.00 bits per heavy atom. The minimum absolute atomic E-state index is 0.138. The first-order chi connectivity index (χ1) is 17.2. The van der Waals surface area contributed by atoms with Crippen LogP contribution >= 0.6 is 11.6 Å². The summed E-state index contributed by atoms with van der Waals surface area (Å²) in [6, 6.07) is 7.61. The van der Waals surface area contributed by atoms with Crippen molar-refractivity contribution in [1.82, 2.24) is 9.72 Å². The van der Waals surface area contributed by atoms with Crippen molar-refractivity contribution in [2.45, 2.75) is 64.2 Å². The molecule has 2 aromatic heterocycles. The van der Waals surface area contributed by atoms with Gasteiger partial charge in [0.15, 0.2) is 0 Å². The normalized spacial score (nSPS) is 17.0. The summed E-state index contributed by atoms with van der Waals surface area (Å²) in [6.07, 6.45) is 6.06. The first kappa shape index (κ1) is 26.0.